The molecule has 504 valence electrons. The molecule has 2 N–H and O–H groups in total. The van der Waals surface area contributed by atoms with Gasteiger partial charge in [0, 0.05) is 55.4 Å². The number of aromatic amines is 2. The fourth-order valence-electron chi connectivity index (χ4n) is 13.8. The van der Waals surface area contributed by atoms with Crippen LogP contribution in [0.3, 0.4) is 0 Å². The van der Waals surface area contributed by atoms with E-state index in [2.05, 4.69) is 158 Å². The van der Waals surface area contributed by atoms with Crippen LogP contribution in [-0.2, 0) is 0 Å². The van der Waals surface area contributed by atoms with Gasteiger partial charge in [0.2, 0.25) is 0 Å². The van der Waals surface area contributed by atoms with Crippen molar-refractivity contribution in [1.82, 2.24) is 19.9 Å². The van der Waals surface area contributed by atoms with Crippen LogP contribution in [0.1, 0.15) is 313 Å². The molecule has 2 aliphatic rings. The number of nitrogens with zero attached hydrogens (tertiary/aromatic N) is 2. The van der Waals surface area contributed by atoms with Crippen LogP contribution in [-0.4, -0.2) is 39.8 Å². The van der Waals surface area contributed by atoms with Crippen molar-refractivity contribution in [2.24, 2.45) is 0 Å². The number of unbranched alkanes of at least 4 members (excludes halogenated alkanes) is 39. The van der Waals surface area contributed by atoms with Crippen LogP contribution in [0.25, 0.3) is 79.8 Å². The number of benzene rings is 3. The molecule has 6 aromatic rings. The number of hydrogen-bond acceptors (Lipinski definition) is 5. The SMILES string of the molecule is CCCCCCCCCCCCCCCCOc1ccccc1-c1c2nc(c(-c3ccccc3OCCCCCCCCCCCCCCCC)c3ccc([nH]3)c(-c3ccccc3OCCCCCCCCCCCCCCCC)c3nc(cc4ccc1[nH]4)C=C3)C=C2. The standard InChI is InChI=1S/C86H122N4O3/c1-4-7-10-13-16-19-22-25-28-31-34-37-40-49-66-91-81-55-46-43-52-72(81)84-75-60-58-70(87-75)69-71-59-61-76(88-71)85(73-53-44-47-56-82(73)92-67-50-41-38-35-32-29-26-23-20-17-14-11-8-5-2)78-63-65-80(90-78)86(79-64-62-77(84)89-79)74-54-45-48-57-83(74)93-68-51-42-39-36-33-30-27-24-21-18-15-12-9-6-3/h43-48,52-65,69,87,90H,4-42,49-51,66-68H2,1-3H3. The number of H-pyrrole nitrogens is 2. The van der Waals surface area contributed by atoms with Crippen molar-refractivity contribution in [2.75, 3.05) is 19.8 Å². The highest BCUT2D eigenvalue weighted by atomic mass is 16.5. The van der Waals surface area contributed by atoms with E-state index in [-0.39, 0.29) is 0 Å². The molecule has 0 amide bonds. The Morgan fingerprint density at radius 1 is 0.269 bits per heavy atom. The molecular formula is C86H122N4O3. The number of fused-ring (bicyclic) bond motifs is 8. The molecular weight excluding hydrogens is 1140 g/mol. The predicted octanol–water partition coefficient (Wildman–Crippen LogP) is 27.2. The maximum atomic E-state index is 6.87. The summed E-state index contributed by atoms with van der Waals surface area (Å²) >= 11 is 0. The van der Waals surface area contributed by atoms with Crippen LogP contribution in [0.2, 0.25) is 0 Å². The molecule has 0 radical (unpaired) electrons. The number of para-hydroxylation sites is 3. The summed E-state index contributed by atoms with van der Waals surface area (Å²) in [6.07, 6.45) is 64.5. The first-order valence-electron chi connectivity index (χ1n) is 38.4. The largest absolute Gasteiger partial charge is 0.493 e. The van der Waals surface area contributed by atoms with Crippen LogP contribution >= 0.6 is 0 Å². The van der Waals surface area contributed by atoms with E-state index in [1.54, 1.807) is 0 Å². The molecule has 93 heavy (non-hydrogen) atoms. The molecule has 8 rings (SSSR count). The van der Waals surface area contributed by atoms with Gasteiger partial charge in [0.25, 0.3) is 0 Å². The fourth-order valence-corrected chi connectivity index (χ4v) is 13.8. The highest BCUT2D eigenvalue weighted by Crippen LogP contribution is 2.42. The van der Waals surface area contributed by atoms with Crippen LogP contribution in [0.4, 0.5) is 0 Å². The third-order valence-electron chi connectivity index (χ3n) is 19.3. The maximum Gasteiger partial charge on any atom is 0.127 e. The van der Waals surface area contributed by atoms with Gasteiger partial charge in [-0.3, -0.25) is 0 Å². The summed E-state index contributed by atoms with van der Waals surface area (Å²) in [5, 5.41) is 0. The lowest BCUT2D eigenvalue weighted by Crippen LogP contribution is -2.00. The Bertz CT molecular complexity index is 3180. The van der Waals surface area contributed by atoms with E-state index < -0.39 is 0 Å². The Labute approximate surface area is 564 Å². The molecule has 3 aromatic heterocycles. The second-order valence-corrected chi connectivity index (χ2v) is 27.2. The van der Waals surface area contributed by atoms with Crippen molar-refractivity contribution in [3.8, 4) is 50.6 Å². The zero-order chi connectivity index (χ0) is 64.4. The summed E-state index contributed by atoms with van der Waals surface area (Å²) in [5.41, 5.74) is 13.3. The third kappa shape index (κ3) is 25.4. The zero-order valence-electron chi connectivity index (χ0n) is 58.6. The topological polar surface area (TPSA) is 85.1 Å². The van der Waals surface area contributed by atoms with Crippen LogP contribution in [0, 0.1) is 0 Å². The maximum absolute atomic E-state index is 6.87. The molecule has 0 saturated carbocycles. The second kappa shape index (κ2) is 44.3. The lowest BCUT2D eigenvalue weighted by Gasteiger charge is -2.14. The van der Waals surface area contributed by atoms with Crippen molar-refractivity contribution in [2.45, 2.75) is 290 Å². The molecule has 7 heteroatoms. The summed E-state index contributed by atoms with van der Waals surface area (Å²) in [7, 11) is 0. The van der Waals surface area contributed by atoms with Gasteiger partial charge in [-0.15, -0.1) is 0 Å². The molecule has 8 bridgehead atoms. The molecule has 0 unspecified atom stereocenters. The molecule has 0 spiro atoms. The zero-order valence-corrected chi connectivity index (χ0v) is 58.6. The minimum atomic E-state index is 0.664. The van der Waals surface area contributed by atoms with E-state index >= 15 is 0 Å². The van der Waals surface area contributed by atoms with Crippen LogP contribution < -0.4 is 14.2 Å². The number of hydrogen-bond donors (Lipinski definition) is 2. The summed E-state index contributed by atoms with van der Waals surface area (Å²) in [4.78, 5) is 18.9. The van der Waals surface area contributed by atoms with Crippen molar-refractivity contribution in [1.29, 1.82) is 0 Å². The van der Waals surface area contributed by atoms with Gasteiger partial charge in [-0.25, -0.2) is 9.97 Å². The van der Waals surface area contributed by atoms with Crippen LogP contribution in [0.5, 0.6) is 17.2 Å². The van der Waals surface area contributed by atoms with Crippen LogP contribution in [0.15, 0.2) is 103 Å². The summed E-state index contributed by atoms with van der Waals surface area (Å²) in [5.74, 6) is 2.61. The van der Waals surface area contributed by atoms with Crippen molar-refractivity contribution in [3.05, 3.63) is 126 Å². The molecule has 3 aromatic carbocycles. The van der Waals surface area contributed by atoms with E-state index in [4.69, 9.17) is 24.2 Å². The fraction of sp³-hybridized carbons (Fsp3) is 0.558. The van der Waals surface area contributed by atoms with Crippen molar-refractivity contribution >= 4 is 46.4 Å². The molecule has 0 saturated heterocycles. The van der Waals surface area contributed by atoms with Gasteiger partial charge in [0.15, 0.2) is 0 Å². The summed E-state index contributed by atoms with van der Waals surface area (Å²) < 4.78 is 20.4. The third-order valence-corrected chi connectivity index (χ3v) is 19.3. The summed E-state index contributed by atoms with van der Waals surface area (Å²) in [6, 6.07) is 36.6. The van der Waals surface area contributed by atoms with Gasteiger partial charge in [-0.2, -0.15) is 0 Å². The molecule has 0 aliphatic carbocycles. The first-order valence-corrected chi connectivity index (χ1v) is 38.4. The van der Waals surface area contributed by atoms with E-state index in [9.17, 15) is 0 Å². The normalized spacial score (nSPS) is 11.9. The van der Waals surface area contributed by atoms with Crippen molar-refractivity contribution < 1.29 is 14.2 Å². The minimum Gasteiger partial charge on any atom is -0.493 e. The molecule has 7 nitrogen and oxygen atoms in total. The first-order chi connectivity index (χ1) is 46.1. The van der Waals surface area contributed by atoms with Gasteiger partial charge >= 0.3 is 0 Å². The summed E-state index contributed by atoms with van der Waals surface area (Å²) in [6.45, 7) is 8.92. The van der Waals surface area contributed by atoms with Gasteiger partial charge < -0.3 is 24.2 Å². The molecule has 0 fully saturated rings. The number of ether oxygens (including phenoxy) is 3. The Kier molecular flexibility index (Phi) is 34.6. The van der Waals surface area contributed by atoms with Gasteiger partial charge in [-0.05, 0) is 92.1 Å². The highest BCUT2D eigenvalue weighted by Gasteiger charge is 2.21. The second-order valence-electron chi connectivity index (χ2n) is 27.2. The van der Waals surface area contributed by atoms with Gasteiger partial charge in [-0.1, -0.05) is 326 Å². The average Bonchev–Trinajstić information content (AvgIpc) is 1.67. The first kappa shape index (κ1) is 72.5. The molecule has 5 heterocycles. The Morgan fingerprint density at radius 3 is 0.871 bits per heavy atom. The Balaban J connectivity index is 1.03. The van der Waals surface area contributed by atoms with Crippen molar-refractivity contribution in [3.63, 3.8) is 0 Å². The highest BCUT2D eigenvalue weighted by molar-refractivity contribution is 5.99. The number of aromatic nitrogens is 4. The van der Waals surface area contributed by atoms with E-state index in [1.165, 1.54) is 250 Å². The molecule has 2 aliphatic heterocycles. The quantitative estimate of drug-likeness (QED) is 0.0371. The smallest absolute Gasteiger partial charge is 0.127 e. The van der Waals surface area contributed by atoms with E-state index in [1.807, 2.05) is 0 Å². The number of rotatable bonds is 51. The predicted molar refractivity (Wildman–Crippen MR) is 403 cm³/mol. The van der Waals surface area contributed by atoms with Gasteiger partial charge in [0.1, 0.15) is 17.2 Å². The van der Waals surface area contributed by atoms with E-state index in [0.717, 1.165) is 115 Å². The average molecular weight is 1260 g/mol. The minimum absolute atomic E-state index is 0.664. The lowest BCUT2D eigenvalue weighted by atomic mass is 10.0. The molecule has 0 atom stereocenters. The lowest BCUT2D eigenvalue weighted by molar-refractivity contribution is 0.305. The number of nitrogens with one attached hydrogen (secondary N) is 2. The van der Waals surface area contributed by atoms with Gasteiger partial charge in [0.05, 0.1) is 42.6 Å². The monoisotopic (exact) mass is 1260 g/mol. The Hall–Kier alpha value is -6.34. The Morgan fingerprint density at radius 2 is 0.538 bits per heavy atom. The van der Waals surface area contributed by atoms with E-state index in [0.29, 0.717) is 19.8 Å².